The topological polar surface area (TPSA) is 95.0 Å². The molecule has 0 radical (unpaired) electrons. The Kier molecular flexibility index (Phi) is 5.96. The van der Waals surface area contributed by atoms with Crippen LogP contribution >= 0.6 is 0 Å². The largest absolute Gasteiger partial charge is 0.481 e. The molecule has 0 aromatic heterocycles. The van der Waals surface area contributed by atoms with Gasteiger partial charge in [-0.2, -0.15) is 4.31 Å². The van der Waals surface area contributed by atoms with E-state index in [2.05, 4.69) is 13.8 Å². The molecule has 2 fully saturated rings. The highest BCUT2D eigenvalue weighted by Crippen LogP contribution is 2.45. The van der Waals surface area contributed by atoms with Gasteiger partial charge in [0.25, 0.3) is 0 Å². The number of hydrogen-bond donors (Lipinski definition) is 1. The van der Waals surface area contributed by atoms with Crippen LogP contribution in [0.25, 0.3) is 0 Å². The number of fused-ring (bicyclic) bond motifs is 2. The molecule has 4 unspecified atom stereocenters. The lowest BCUT2D eigenvalue weighted by molar-refractivity contribution is -0.157. The SMILES string of the molecule is CC(C)c1ccc(S(=O)(=O)N2CCN(C(=O)C3C4C=CC(CC4)C3C(=O)O)CC2)cc1. The van der Waals surface area contributed by atoms with Crippen molar-refractivity contribution in [3.63, 3.8) is 0 Å². The summed E-state index contributed by atoms with van der Waals surface area (Å²) in [5, 5.41) is 9.71. The van der Waals surface area contributed by atoms with Crippen molar-refractivity contribution in [1.82, 2.24) is 9.21 Å². The van der Waals surface area contributed by atoms with Crippen molar-refractivity contribution in [2.24, 2.45) is 23.7 Å². The van der Waals surface area contributed by atoms with E-state index >= 15 is 0 Å². The fourth-order valence-corrected chi connectivity index (χ4v) is 6.62. The van der Waals surface area contributed by atoms with E-state index in [1.807, 2.05) is 24.3 Å². The van der Waals surface area contributed by atoms with E-state index in [4.69, 9.17) is 0 Å². The van der Waals surface area contributed by atoms with Crippen LogP contribution in [0.4, 0.5) is 0 Å². The van der Waals surface area contributed by atoms with Gasteiger partial charge < -0.3 is 10.0 Å². The van der Waals surface area contributed by atoms with Crippen molar-refractivity contribution in [1.29, 1.82) is 0 Å². The van der Waals surface area contributed by atoms with Crippen LogP contribution in [0.15, 0.2) is 41.3 Å². The number of nitrogens with zero attached hydrogens (tertiary/aromatic N) is 2. The molecular formula is C23H30N2O5S. The molecule has 1 amide bonds. The van der Waals surface area contributed by atoms with Gasteiger partial charge in [-0.25, -0.2) is 8.42 Å². The quantitative estimate of drug-likeness (QED) is 0.702. The third-order valence-electron chi connectivity index (χ3n) is 7.05. The van der Waals surface area contributed by atoms with Crippen molar-refractivity contribution in [2.75, 3.05) is 26.2 Å². The molecule has 1 aromatic rings. The van der Waals surface area contributed by atoms with Gasteiger partial charge in [-0.15, -0.1) is 0 Å². The number of piperazine rings is 1. The molecule has 8 heteroatoms. The Morgan fingerprint density at radius 3 is 1.97 bits per heavy atom. The minimum Gasteiger partial charge on any atom is -0.481 e. The molecule has 168 valence electrons. The standard InChI is InChI=1S/C23H30N2O5S/c1-15(2)16-7-9-19(10-8-16)31(29,30)25-13-11-24(12-14-25)22(26)20-17-3-5-18(6-4-17)21(20)23(27)28/h3,5,7-10,15,17-18,20-21H,4,6,11-14H2,1-2H3,(H,27,28). The maximum atomic E-state index is 13.2. The minimum absolute atomic E-state index is 0.0418. The molecule has 1 heterocycles. The van der Waals surface area contributed by atoms with Gasteiger partial charge in [0.15, 0.2) is 0 Å². The van der Waals surface area contributed by atoms with E-state index in [-0.39, 0.29) is 48.8 Å². The number of hydrogen-bond acceptors (Lipinski definition) is 4. The third-order valence-corrected chi connectivity index (χ3v) is 8.97. The first-order chi connectivity index (χ1) is 14.7. The highest BCUT2D eigenvalue weighted by molar-refractivity contribution is 7.89. The van der Waals surface area contributed by atoms with E-state index < -0.39 is 27.8 Å². The molecule has 31 heavy (non-hydrogen) atoms. The molecule has 0 spiro atoms. The lowest BCUT2D eigenvalue weighted by atomic mass is 9.62. The average molecular weight is 447 g/mol. The van der Waals surface area contributed by atoms with Crippen molar-refractivity contribution in [2.45, 2.75) is 37.5 Å². The molecule has 1 N–H and O–H groups in total. The van der Waals surface area contributed by atoms with Crippen molar-refractivity contribution < 1.29 is 23.1 Å². The van der Waals surface area contributed by atoms with Crippen LogP contribution in [0.3, 0.4) is 0 Å². The summed E-state index contributed by atoms with van der Waals surface area (Å²) in [5.74, 6) is -2.10. The summed E-state index contributed by atoms with van der Waals surface area (Å²) in [6.07, 6.45) is 5.59. The van der Waals surface area contributed by atoms with Crippen molar-refractivity contribution in [3.8, 4) is 0 Å². The molecule has 5 rings (SSSR count). The molecule has 2 bridgehead atoms. The van der Waals surface area contributed by atoms with Crippen molar-refractivity contribution in [3.05, 3.63) is 42.0 Å². The highest BCUT2D eigenvalue weighted by atomic mass is 32.2. The predicted molar refractivity (Wildman–Crippen MR) is 116 cm³/mol. The number of benzene rings is 1. The first-order valence-electron chi connectivity index (χ1n) is 11.0. The molecule has 1 saturated heterocycles. The maximum Gasteiger partial charge on any atom is 0.307 e. The number of carbonyl (C=O) groups excluding carboxylic acids is 1. The number of carboxylic acids is 1. The van der Waals surface area contributed by atoms with Crippen LogP contribution in [0.5, 0.6) is 0 Å². The fourth-order valence-electron chi connectivity index (χ4n) is 5.20. The second-order valence-corrected chi connectivity index (χ2v) is 11.1. The molecule has 1 aliphatic heterocycles. The lowest BCUT2D eigenvalue weighted by Crippen LogP contribution is -2.55. The zero-order valence-corrected chi connectivity index (χ0v) is 18.8. The summed E-state index contributed by atoms with van der Waals surface area (Å²) in [4.78, 5) is 27.0. The Morgan fingerprint density at radius 2 is 1.48 bits per heavy atom. The normalized spacial score (nSPS) is 28.8. The zero-order chi connectivity index (χ0) is 22.3. The zero-order valence-electron chi connectivity index (χ0n) is 18.0. The van der Waals surface area contributed by atoms with Gasteiger partial charge in [0.2, 0.25) is 15.9 Å². The third kappa shape index (κ3) is 4.03. The first kappa shape index (κ1) is 22.0. The predicted octanol–water partition coefficient (Wildman–Crippen LogP) is 2.56. The summed E-state index contributed by atoms with van der Waals surface area (Å²) in [7, 11) is -3.62. The molecule has 1 saturated carbocycles. The summed E-state index contributed by atoms with van der Waals surface area (Å²) in [6, 6.07) is 6.97. The summed E-state index contributed by atoms with van der Waals surface area (Å²) < 4.78 is 27.5. The van der Waals surface area contributed by atoms with Gasteiger partial charge >= 0.3 is 5.97 Å². The lowest BCUT2D eigenvalue weighted by Gasteiger charge is -2.45. The highest BCUT2D eigenvalue weighted by Gasteiger charge is 2.49. The first-order valence-corrected chi connectivity index (χ1v) is 12.4. The van der Waals surface area contributed by atoms with E-state index in [1.165, 1.54) is 4.31 Å². The Morgan fingerprint density at radius 1 is 0.935 bits per heavy atom. The van der Waals surface area contributed by atoms with Gasteiger partial charge in [0.1, 0.15) is 0 Å². The Labute approximate surface area is 183 Å². The molecule has 4 atom stereocenters. The van der Waals surface area contributed by atoms with Crippen LogP contribution in [-0.4, -0.2) is 60.8 Å². The number of allylic oxidation sites excluding steroid dienone is 2. The number of sulfonamides is 1. The van der Waals surface area contributed by atoms with E-state index in [9.17, 15) is 23.1 Å². The molecule has 4 aliphatic rings. The van der Waals surface area contributed by atoms with E-state index in [0.29, 0.717) is 5.92 Å². The van der Waals surface area contributed by atoms with Gasteiger partial charge in [-0.05, 0) is 48.3 Å². The number of amides is 1. The Bertz CT molecular complexity index is 978. The van der Waals surface area contributed by atoms with Gasteiger partial charge in [-0.3, -0.25) is 9.59 Å². The van der Waals surface area contributed by atoms with Crippen LogP contribution in [0.1, 0.15) is 38.2 Å². The number of carboxylic acid groups (broad SMARTS) is 1. The number of aliphatic carboxylic acids is 1. The molecule has 7 nitrogen and oxygen atoms in total. The summed E-state index contributed by atoms with van der Waals surface area (Å²) >= 11 is 0. The van der Waals surface area contributed by atoms with E-state index in [1.54, 1.807) is 17.0 Å². The van der Waals surface area contributed by atoms with Gasteiger partial charge in [0, 0.05) is 26.2 Å². The van der Waals surface area contributed by atoms with E-state index in [0.717, 1.165) is 18.4 Å². The van der Waals surface area contributed by atoms with Crippen LogP contribution in [0, 0.1) is 23.7 Å². The molecule has 3 aliphatic carbocycles. The second kappa shape index (κ2) is 8.39. The Balaban J connectivity index is 1.44. The second-order valence-electron chi connectivity index (χ2n) is 9.13. The molecular weight excluding hydrogens is 416 g/mol. The van der Waals surface area contributed by atoms with Crippen LogP contribution in [-0.2, 0) is 19.6 Å². The smallest absolute Gasteiger partial charge is 0.307 e. The average Bonchev–Trinajstić information content (AvgIpc) is 2.78. The fraction of sp³-hybridized carbons (Fsp3) is 0.565. The Hall–Kier alpha value is -2.19. The van der Waals surface area contributed by atoms with Crippen LogP contribution < -0.4 is 0 Å². The van der Waals surface area contributed by atoms with Gasteiger partial charge in [-0.1, -0.05) is 38.1 Å². The van der Waals surface area contributed by atoms with Crippen LogP contribution in [0.2, 0.25) is 0 Å². The van der Waals surface area contributed by atoms with Crippen molar-refractivity contribution >= 4 is 21.9 Å². The summed E-state index contributed by atoms with van der Waals surface area (Å²) in [5.41, 5.74) is 1.08. The van der Waals surface area contributed by atoms with Gasteiger partial charge in [0.05, 0.1) is 16.7 Å². The maximum absolute atomic E-state index is 13.2. The minimum atomic E-state index is -3.62. The monoisotopic (exact) mass is 446 g/mol. The summed E-state index contributed by atoms with van der Waals surface area (Å²) in [6.45, 7) is 5.12. The number of carbonyl (C=O) groups is 2. The molecule has 1 aromatic carbocycles. The number of rotatable bonds is 5.